The molecule has 2 aromatic rings. The Labute approximate surface area is 119 Å². The van der Waals surface area contributed by atoms with E-state index >= 15 is 0 Å². The van der Waals surface area contributed by atoms with Crippen LogP contribution < -0.4 is 4.31 Å². The van der Waals surface area contributed by atoms with Crippen molar-refractivity contribution >= 4 is 43.0 Å². The lowest BCUT2D eigenvalue weighted by Gasteiger charge is -2.22. The molecule has 0 saturated carbocycles. The van der Waals surface area contributed by atoms with Crippen LogP contribution in [0.5, 0.6) is 0 Å². The highest BCUT2D eigenvalue weighted by Crippen LogP contribution is 2.32. The van der Waals surface area contributed by atoms with Crippen LogP contribution in [-0.4, -0.2) is 15.0 Å². The number of sulfonamides is 1. The quantitative estimate of drug-likeness (QED) is 0.846. The maximum atomic E-state index is 12.6. The lowest BCUT2D eigenvalue weighted by atomic mass is 10.3. The predicted octanol–water partition coefficient (Wildman–Crippen LogP) is 3.73. The Morgan fingerprint density at radius 1 is 1.22 bits per heavy atom. The van der Waals surface area contributed by atoms with E-state index in [1.54, 1.807) is 23.6 Å². The Bertz CT molecular complexity index is 623. The minimum Gasteiger partial charge on any atom is -0.266 e. The molecule has 0 unspecified atom stereocenters. The highest BCUT2D eigenvalue weighted by Gasteiger charge is 2.26. The Kier molecular flexibility index (Phi) is 4.09. The maximum absolute atomic E-state index is 12.6. The molecule has 18 heavy (non-hydrogen) atoms. The van der Waals surface area contributed by atoms with Crippen molar-refractivity contribution in [2.75, 3.05) is 10.8 Å². The van der Waals surface area contributed by atoms with E-state index in [1.165, 1.54) is 15.6 Å². The third-order valence-electron chi connectivity index (χ3n) is 2.44. The summed E-state index contributed by atoms with van der Waals surface area (Å²) in [6.07, 6.45) is 0. The van der Waals surface area contributed by atoms with Crippen LogP contribution in [0, 0.1) is 0 Å². The Balaban J connectivity index is 2.49. The summed E-state index contributed by atoms with van der Waals surface area (Å²) in [6.45, 7) is 2.22. The van der Waals surface area contributed by atoms with E-state index in [1.807, 2.05) is 25.1 Å². The van der Waals surface area contributed by atoms with Crippen molar-refractivity contribution in [2.45, 2.75) is 11.1 Å². The van der Waals surface area contributed by atoms with Gasteiger partial charge in [0.1, 0.15) is 0 Å². The zero-order chi connectivity index (χ0) is 13.2. The van der Waals surface area contributed by atoms with E-state index in [2.05, 4.69) is 15.9 Å². The molecule has 0 amide bonds. The average Bonchev–Trinajstić information content (AvgIpc) is 2.78. The van der Waals surface area contributed by atoms with Crippen molar-refractivity contribution in [2.24, 2.45) is 0 Å². The van der Waals surface area contributed by atoms with Gasteiger partial charge in [-0.1, -0.05) is 18.2 Å². The van der Waals surface area contributed by atoms with Crippen molar-refractivity contribution in [3.8, 4) is 0 Å². The average molecular weight is 346 g/mol. The molecule has 0 bridgehead atoms. The fourth-order valence-corrected chi connectivity index (χ4v) is 5.54. The molecule has 0 aliphatic heterocycles. The Morgan fingerprint density at radius 3 is 2.39 bits per heavy atom. The minimum absolute atomic E-state index is 0.341. The highest BCUT2D eigenvalue weighted by molar-refractivity contribution is 9.10. The molecule has 0 radical (unpaired) electrons. The summed E-state index contributed by atoms with van der Waals surface area (Å²) in [4.78, 5) is 0. The Morgan fingerprint density at radius 2 is 1.89 bits per heavy atom. The van der Waals surface area contributed by atoms with Crippen molar-refractivity contribution < 1.29 is 8.42 Å². The van der Waals surface area contributed by atoms with Gasteiger partial charge >= 0.3 is 0 Å². The van der Waals surface area contributed by atoms with Crippen LogP contribution in [0.25, 0.3) is 0 Å². The standard InChI is InChI=1S/C12H12BrNO2S2/c1-2-14(10-6-4-3-5-7-10)18(15,16)12-11(13)8-9-17-12/h3-9H,2H2,1H3. The third kappa shape index (κ3) is 2.46. The molecule has 0 aliphatic rings. The molecule has 0 fully saturated rings. The van der Waals surface area contributed by atoms with Gasteiger partial charge in [0, 0.05) is 11.0 Å². The molecule has 96 valence electrons. The van der Waals surface area contributed by atoms with Gasteiger partial charge in [-0.15, -0.1) is 11.3 Å². The van der Waals surface area contributed by atoms with Gasteiger partial charge in [0.15, 0.2) is 4.21 Å². The van der Waals surface area contributed by atoms with E-state index in [0.717, 1.165) is 0 Å². The summed E-state index contributed by atoms with van der Waals surface area (Å²) in [5.41, 5.74) is 0.681. The smallest absolute Gasteiger partial charge is 0.266 e. The van der Waals surface area contributed by atoms with E-state index < -0.39 is 10.0 Å². The minimum atomic E-state index is -3.49. The van der Waals surface area contributed by atoms with Gasteiger partial charge in [-0.25, -0.2) is 8.42 Å². The second kappa shape index (κ2) is 5.42. The van der Waals surface area contributed by atoms with Gasteiger partial charge in [0.05, 0.1) is 5.69 Å². The molecular formula is C12H12BrNO2S2. The number of anilines is 1. The highest BCUT2D eigenvalue weighted by atomic mass is 79.9. The largest absolute Gasteiger partial charge is 0.274 e. The van der Waals surface area contributed by atoms with Crippen LogP contribution in [0.3, 0.4) is 0 Å². The third-order valence-corrected chi connectivity index (χ3v) is 6.99. The molecule has 1 heterocycles. The van der Waals surface area contributed by atoms with Gasteiger partial charge < -0.3 is 0 Å². The van der Waals surface area contributed by atoms with E-state index in [-0.39, 0.29) is 0 Å². The fourth-order valence-electron chi connectivity index (χ4n) is 1.65. The molecule has 0 saturated heterocycles. The first-order valence-corrected chi connectivity index (χ1v) is 8.49. The molecule has 0 aliphatic carbocycles. The van der Waals surface area contributed by atoms with Gasteiger partial charge in [-0.05, 0) is 46.4 Å². The number of thiophene rings is 1. The summed E-state index contributed by atoms with van der Waals surface area (Å²) < 4.78 is 27.5. The number of rotatable bonds is 4. The fraction of sp³-hybridized carbons (Fsp3) is 0.167. The molecule has 1 aromatic carbocycles. The lowest BCUT2D eigenvalue weighted by Crippen LogP contribution is -2.30. The number of benzene rings is 1. The van der Waals surface area contributed by atoms with Crippen LogP contribution in [0.4, 0.5) is 5.69 Å². The molecule has 2 rings (SSSR count). The second-order valence-corrected chi connectivity index (χ2v) is 7.39. The topological polar surface area (TPSA) is 37.4 Å². The monoisotopic (exact) mass is 345 g/mol. The summed E-state index contributed by atoms with van der Waals surface area (Å²) in [6, 6.07) is 10.9. The molecule has 0 N–H and O–H groups in total. The number of hydrogen-bond donors (Lipinski definition) is 0. The zero-order valence-corrected chi connectivity index (χ0v) is 12.9. The molecule has 0 spiro atoms. The van der Waals surface area contributed by atoms with E-state index in [0.29, 0.717) is 20.9 Å². The van der Waals surface area contributed by atoms with Crippen molar-refractivity contribution in [3.63, 3.8) is 0 Å². The molecule has 6 heteroatoms. The summed E-state index contributed by atoms with van der Waals surface area (Å²) in [5.74, 6) is 0. The Hall–Kier alpha value is -0.850. The predicted molar refractivity (Wildman–Crippen MR) is 78.7 cm³/mol. The van der Waals surface area contributed by atoms with Crippen molar-refractivity contribution in [1.29, 1.82) is 0 Å². The maximum Gasteiger partial charge on any atom is 0.274 e. The number of para-hydroxylation sites is 1. The van der Waals surface area contributed by atoms with Crippen LogP contribution in [0.15, 0.2) is 50.5 Å². The van der Waals surface area contributed by atoms with Gasteiger partial charge in [0.25, 0.3) is 10.0 Å². The van der Waals surface area contributed by atoms with Crippen LogP contribution in [0.1, 0.15) is 6.92 Å². The second-order valence-electron chi connectivity index (χ2n) is 3.56. The molecular weight excluding hydrogens is 334 g/mol. The number of hydrogen-bond acceptors (Lipinski definition) is 3. The summed E-state index contributed by atoms with van der Waals surface area (Å²) in [7, 11) is -3.49. The molecule has 0 atom stereocenters. The summed E-state index contributed by atoms with van der Waals surface area (Å²) in [5, 5.41) is 1.76. The number of halogens is 1. The molecule has 1 aromatic heterocycles. The normalized spacial score (nSPS) is 11.4. The first kappa shape index (κ1) is 13.6. The number of nitrogens with zero attached hydrogens (tertiary/aromatic N) is 1. The van der Waals surface area contributed by atoms with E-state index in [4.69, 9.17) is 0 Å². The van der Waals surface area contributed by atoms with Crippen LogP contribution in [0.2, 0.25) is 0 Å². The van der Waals surface area contributed by atoms with E-state index in [9.17, 15) is 8.42 Å². The van der Waals surface area contributed by atoms with Crippen molar-refractivity contribution in [3.05, 3.63) is 46.3 Å². The van der Waals surface area contributed by atoms with Gasteiger partial charge in [0.2, 0.25) is 0 Å². The first-order valence-electron chi connectivity index (χ1n) is 5.38. The van der Waals surface area contributed by atoms with Crippen LogP contribution >= 0.6 is 27.3 Å². The van der Waals surface area contributed by atoms with Gasteiger partial charge in [-0.3, -0.25) is 4.31 Å². The summed E-state index contributed by atoms with van der Waals surface area (Å²) >= 11 is 4.50. The lowest BCUT2D eigenvalue weighted by molar-refractivity contribution is 0.593. The van der Waals surface area contributed by atoms with Crippen molar-refractivity contribution in [1.82, 2.24) is 0 Å². The van der Waals surface area contributed by atoms with Gasteiger partial charge in [-0.2, -0.15) is 0 Å². The molecule has 3 nitrogen and oxygen atoms in total. The SMILES string of the molecule is CCN(c1ccccc1)S(=O)(=O)c1sccc1Br. The first-order chi connectivity index (χ1) is 8.57. The van der Waals surface area contributed by atoms with Crippen LogP contribution in [-0.2, 0) is 10.0 Å². The zero-order valence-electron chi connectivity index (χ0n) is 9.71.